The first-order valence-electron chi connectivity index (χ1n) is 8.91. The number of hydrogen-bond acceptors (Lipinski definition) is 3. The Morgan fingerprint density at radius 2 is 1.69 bits per heavy atom. The summed E-state index contributed by atoms with van der Waals surface area (Å²) in [5.41, 5.74) is 0.544. The van der Waals surface area contributed by atoms with E-state index in [2.05, 4.69) is 4.90 Å². The molecule has 1 aliphatic rings. The summed E-state index contributed by atoms with van der Waals surface area (Å²) in [5, 5.41) is 0. The van der Waals surface area contributed by atoms with Gasteiger partial charge in [-0.2, -0.15) is 0 Å². The van der Waals surface area contributed by atoms with Gasteiger partial charge in [0.05, 0.1) is 0 Å². The molecule has 0 spiro atoms. The first kappa shape index (κ1) is 18.4. The lowest BCUT2D eigenvalue weighted by molar-refractivity contribution is 0.0539. The average molecular weight is 362 g/mol. The molecule has 1 fully saturated rings. The number of anilines is 1. The maximum Gasteiger partial charge on any atom is 0.420 e. The van der Waals surface area contributed by atoms with Crippen LogP contribution in [-0.4, -0.2) is 29.4 Å². The van der Waals surface area contributed by atoms with Crippen molar-refractivity contribution in [1.29, 1.82) is 0 Å². The zero-order valence-corrected chi connectivity index (χ0v) is 15.4. The fourth-order valence-corrected chi connectivity index (χ4v) is 3.11. The van der Waals surface area contributed by atoms with Gasteiger partial charge in [0.2, 0.25) is 0 Å². The van der Waals surface area contributed by atoms with Crippen LogP contribution in [-0.2, 0) is 4.74 Å². The Kier molecular flexibility index (Phi) is 5.03. The van der Waals surface area contributed by atoms with Gasteiger partial charge in [-0.05, 0) is 63.8 Å². The van der Waals surface area contributed by atoms with Crippen LogP contribution < -0.4 is 4.90 Å². The highest BCUT2D eigenvalue weighted by molar-refractivity contribution is 5.81. The molecular formula is C20H24F2N2O2. The highest BCUT2D eigenvalue weighted by atomic mass is 19.2. The van der Waals surface area contributed by atoms with Crippen molar-refractivity contribution < 1.29 is 18.3 Å². The summed E-state index contributed by atoms with van der Waals surface area (Å²) in [5.74, 6) is -1.08. The molecule has 140 valence electrons. The van der Waals surface area contributed by atoms with Crippen LogP contribution >= 0.6 is 0 Å². The smallest absolute Gasteiger partial charge is 0.420 e. The number of hydrogen-bond donors (Lipinski definition) is 0. The van der Waals surface area contributed by atoms with Gasteiger partial charge in [-0.1, -0.05) is 6.07 Å². The van der Waals surface area contributed by atoms with Crippen LogP contribution in [0.1, 0.15) is 40.0 Å². The van der Waals surface area contributed by atoms with E-state index in [4.69, 9.17) is 4.74 Å². The average Bonchev–Trinajstić information content (AvgIpc) is 3.02. The molecule has 1 aliphatic heterocycles. The molecule has 0 bridgehead atoms. The fraction of sp³-hybridized carbons (Fsp3) is 0.450. The third-order valence-corrected chi connectivity index (χ3v) is 4.32. The first-order chi connectivity index (χ1) is 12.2. The van der Waals surface area contributed by atoms with E-state index in [0.717, 1.165) is 43.9 Å². The lowest BCUT2D eigenvalue weighted by atomic mass is 10.1. The van der Waals surface area contributed by atoms with E-state index < -0.39 is 23.3 Å². The van der Waals surface area contributed by atoms with Crippen molar-refractivity contribution in [3.63, 3.8) is 0 Å². The molecule has 0 radical (unpaired) electrons. The Labute approximate surface area is 152 Å². The number of aromatic nitrogens is 1. The second-order valence-electron chi connectivity index (χ2n) is 7.61. The molecule has 3 rings (SSSR count). The van der Waals surface area contributed by atoms with Crippen LogP contribution in [0.4, 0.5) is 19.4 Å². The Morgan fingerprint density at radius 3 is 2.31 bits per heavy atom. The standard InChI is InChI=1S/C20H24F2N2O2/c1-20(2,3)26-19(25)24-13-15(14-7-8-16(21)17(22)11-14)12-18(24)23-9-5-4-6-10-23/h7-8,11-13H,4-6,9-10H2,1-3H3. The molecule has 1 aromatic carbocycles. The second kappa shape index (κ2) is 7.09. The normalized spacial score (nSPS) is 15.2. The Morgan fingerprint density at radius 1 is 1.00 bits per heavy atom. The van der Waals surface area contributed by atoms with E-state index in [1.807, 2.05) is 26.8 Å². The van der Waals surface area contributed by atoms with Crippen molar-refractivity contribution in [2.45, 2.75) is 45.6 Å². The number of halogens is 2. The van der Waals surface area contributed by atoms with Gasteiger partial charge >= 0.3 is 6.09 Å². The van der Waals surface area contributed by atoms with Gasteiger partial charge in [-0.25, -0.2) is 18.1 Å². The molecule has 0 saturated carbocycles. The monoisotopic (exact) mass is 362 g/mol. The van der Waals surface area contributed by atoms with Crippen molar-refractivity contribution in [3.05, 3.63) is 42.1 Å². The van der Waals surface area contributed by atoms with Crippen LogP contribution in [0.15, 0.2) is 30.5 Å². The topological polar surface area (TPSA) is 34.5 Å². The van der Waals surface area contributed by atoms with Crippen LogP contribution in [0.3, 0.4) is 0 Å². The summed E-state index contributed by atoms with van der Waals surface area (Å²) in [6.45, 7) is 7.13. The summed E-state index contributed by atoms with van der Waals surface area (Å²) in [4.78, 5) is 14.8. The molecule has 1 aromatic heterocycles. The zero-order chi connectivity index (χ0) is 18.9. The van der Waals surface area contributed by atoms with Crippen molar-refractivity contribution >= 4 is 11.9 Å². The number of carbonyl (C=O) groups excluding carboxylic acids is 1. The number of ether oxygens (including phenoxy) is 1. The minimum absolute atomic E-state index is 0.480. The van der Waals surface area contributed by atoms with Gasteiger partial charge in [0.15, 0.2) is 11.6 Å². The molecule has 2 heterocycles. The van der Waals surface area contributed by atoms with Crippen LogP contribution in [0.25, 0.3) is 11.1 Å². The van der Waals surface area contributed by atoms with E-state index in [0.29, 0.717) is 11.1 Å². The maximum absolute atomic E-state index is 13.6. The fourth-order valence-electron chi connectivity index (χ4n) is 3.11. The Bertz CT molecular complexity index is 803. The molecule has 0 N–H and O–H groups in total. The predicted octanol–water partition coefficient (Wildman–Crippen LogP) is 5.21. The summed E-state index contributed by atoms with van der Waals surface area (Å²) < 4.78 is 33.8. The van der Waals surface area contributed by atoms with Crippen molar-refractivity contribution in [3.8, 4) is 11.1 Å². The molecule has 2 aromatic rings. The van der Waals surface area contributed by atoms with Crippen LogP contribution in [0.5, 0.6) is 0 Å². The minimum atomic E-state index is -0.910. The molecule has 0 atom stereocenters. The van der Waals surface area contributed by atoms with Gasteiger partial charge in [-0.15, -0.1) is 0 Å². The highest BCUT2D eigenvalue weighted by Crippen LogP contribution is 2.30. The van der Waals surface area contributed by atoms with Crippen molar-refractivity contribution in [1.82, 2.24) is 4.57 Å². The highest BCUT2D eigenvalue weighted by Gasteiger charge is 2.24. The van der Waals surface area contributed by atoms with Crippen molar-refractivity contribution in [2.75, 3.05) is 18.0 Å². The molecule has 0 aliphatic carbocycles. The summed E-state index contributed by atoms with van der Waals surface area (Å²) in [7, 11) is 0. The number of benzene rings is 1. The van der Waals surface area contributed by atoms with Gasteiger partial charge < -0.3 is 9.64 Å². The molecule has 0 amide bonds. The molecular weight excluding hydrogens is 338 g/mol. The molecule has 26 heavy (non-hydrogen) atoms. The third-order valence-electron chi connectivity index (χ3n) is 4.32. The van der Waals surface area contributed by atoms with E-state index >= 15 is 0 Å². The predicted molar refractivity (Wildman–Crippen MR) is 97.5 cm³/mol. The third kappa shape index (κ3) is 4.06. The lowest BCUT2D eigenvalue weighted by Crippen LogP contribution is -2.34. The number of piperidine rings is 1. The van der Waals surface area contributed by atoms with E-state index in [1.165, 1.54) is 17.1 Å². The molecule has 1 saturated heterocycles. The maximum atomic E-state index is 13.6. The molecule has 4 nitrogen and oxygen atoms in total. The zero-order valence-electron chi connectivity index (χ0n) is 15.4. The van der Waals surface area contributed by atoms with Gasteiger partial charge in [0, 0.05) is 24.8 Å². The minimum Gasteiger partial charge on any atom is -0.443 e. The molecule has 6 heteroatoms. The number of carbonyl (C=O) groups is 1. The summed E-state index contributed by atoms with van der Waals surface area (Å²) in [6.07, 6.45) is 4.43. The van der Waals surface area contributed by atoms with E-state index in [-0.39, 0.29) is 0 Å². The van der Waals surface area contributed by atoms with Crippen molar-refractivity contribution in [2.24, 2.45) is 0 Å². The largest absolute Gasteiger partial charge is 0.443 e. The van der Waals surface area contributed by atoms with Gasteiger partial charge in [0.25, 0.3) is 0 Å². The lowest BCUT2D eigenvalue weighted by Gasteiger charge is -2.29. The SMILES string of the molecule is CC(C)(C)OC(=O)n1cc(-c2ccc(F)c(F)c2)cc1N1CCCCC1. The Balaban J connectivity index is 2.01. The van der Waals surface area contributed by atoms with Crippen LogP contribution in [0, 0.1) is 11.6 Å². The van der Waals surface area contributed by atoms with E-state index in [1.54, 1.807) is 6.20 Å². The first-order valence-corrected chi connectivity index (χ1v) is 8.91. The second-order valence-corrected chi connectivity index (χ2v) is 7.61. The van der Waals surface area contributed by atoms with Crippen LogP contribution in [0.2, 0.25) is 0 Å². The molecule has 0 unspecified atom stereocenters. The van der Waals surface area contributed by atoms with Gasteiger partial charge in [0.1, 0.15) is 11.4 Å². The number of nitrogens with zero attached hydrogens (tertiary/aromatic N) is 2. The Hall–Kier alpha value is -2.37. The quantitative estimate of drug-likeness (QED) is 0.736. The number of rotatable bonds is 2. The summed E-state index contributed by atoms with van der Waals surface area (Å²) in [6, 6.07) is 5.58. The van der Waals surface area contributed by atoms with Gasteiger partial charge in [-0.3, -0.25) is 0 Å². The van der Waals surface area contributed by atoms with E-state index in [9.17, 15) is 13.6 Å². The summed E-state index contributed by atoms with van der Waals surface area (Å²) >= 11 is 0.